The van der Waals surface area contributed by atoms with Crippen LogP contribution in [0.15, 0.2) is 12.7 Å². The molecule has 0 heterocycles. The van der Waals surface area contributed by atoms with Gasteiger partial charge in [0.15, 0.2) is 0 Å². The van der Waals surface area contributed by atoms with Crippen LogP contribution in [0.25, 0.3) is 0 Å². The summed E-state index contributed by atoms with van der Waals surface area (Å²) in [7, 11) is 0. The van der Waals surface area contributed by atoms with E-state index in [0.717, 1.165) is 19.3 Å². The van der Waals surface area contributed by atoms with E-state index in [1.165, 1.54) is 6.08 Å². The van der Waals surface area contributed by atoms with Crippen LogP contribution in [0, 0.1) is 0 Å². The number of carbonyl (C=O) groups excluding carboxylic acids is 2. The number of carbonyl (C=O) groups is 2. The van der Waals surface area contributed by atoms with Crippen LogP contribution in [-0.4, -0.2) is 54.2 Å². The van der Waals surface area contributed by atoms with Crippen LogP contribution >= 0.6 is 0 Å². The van der Waals surface area contributed by atoms with E-state index in [4.69, 9.17) is 5.11 Å². The van der Waals surface area contributed by atoms with E-state index in [0.29, 0.717) is 19.1 Å². The third-order valence-electron chi connectivity index (χ3n) is 2.98. The first-order chi connectivity index (χ1) is 8.67. The summed E-state index contributed by atoms with van der Waals surface area (Å²) in [6.45, 7) is 4.41. The highest BCUT2D eigenvalue weighted by atomic mass is 16.3. The lowest BCUT2D eigenvalue weighted by Gasteiger charge is -2.36. The summed E-state index contributed by atoms with van der Waals surface area (Å²) in [6, 6.07) is -0.156. The molecule has 1 aliphatic carbocycles. The van der Waals surface area contributed by atoms with Crippen LogP contribution in [0.3, 0.4) is 0 Å². The van der Waals surface area contributed by atoms with Gasteiger partial charge in [0, 0.05) is 19.1 Å². The van der Waals surface area contributed by atoms with Crippen molar-refractivity contribution in [3.63, 3.8) is 0 Å². The molecule has 3 N–H and O–H groups in total. The zero-order valence-corrected chi connectivity index (χ0v) is 10.5. The fraction of sp³-hybridized carbons (Fsp3) is 0.667. The van der Waals surface area contributed by atoms with E-state index in [2.05, 4.69) is 17.2 Å². The van der Waals surface area contributed by atoms with Crippen molar-refractivity contribution in [2.45, 2.75) is 25.3 Å². The van der Waals surface area contributed by atoms with Gasteiger partial charge in [-0.3, -0.25) is 15.0 Å². The Hall–Kier alpha value is -1.40. The Labute approximate surface area is 107 Å². The second-order valence-corrected chi connectivity index (χ2v) is 4.33. The summed E-state index contributed by atoms with van der Waals surface area (Å²) in [5.74, 6) is -0.350. The summed E-state index contributed by atoms with van der Waals surface area (Å²) in [6.07, 6.45) is 4.80. The van der Waals surface area contributed by atoms with Crippen LogP contribution in [0.4, 0.5) is 4.79 Å². The van der Waals surface area contributed by atoms with Gasteiger partial charge in [-0.1, -0.05) is 12.5 Å². The first-order valence-corrected chi connectivity index (χ1v) is 6.21. The van der Waals surface area contributed by atoms with Crippen molar-refractivity contribution in [2.75, 3.05) is 26.2 Å². The number of nitrogens with zero attached hydrogens (tertiary/aromatic N) is 1. The minimum Gasteiger partial charge on any atom is -0.395 e. The highest BCUT2D eigenvalue weighted by Gasteiger charge is 2.26. The van der Waals surface area contributed by atoms with Crippen molar-refractivity contribution in [1.82, 2.24) is 15.5 Å². The Kier molecular flexibility index (Phi) is 6.38. The zero-order chi connectivity index (χ0) is 13.4. The van der Waals surface area contributed by atoms with Crippen molar-refractivity contribution in [2.24, 2.45) is 0 Å². The van der Waals surface area contributed by atoms with Gasteiger partial charge in [-0.25, -0.2) is 4.79 Å². The van der Waals surface area contributed by atoms with Crippen LogP contribution in [0.5, 0.6) is 0 Å². The minimum absolute atomic E-state index is 0.0203. The molecule has 1 saturated carbocycles. The number of hydrogen-bond donors (Lipinski definition) is 3. The molecule has 6 nitrogen and oxygen atoms in total. The summed E-state index contributed by atoms with van der Waals surface area (Å²) < 4.78 is 0. The molecule has 0 aromatic rings. The van der Waals surface area contributed by atoms with Crippen LogP contribution in [0.1, 0.15) is 19.3 Å². The molecule has 0 spiro atoms. The normalized spacial score (nSPS) is 15.0. The van der Waals surface area contributed by atoms with Crippen LogP contribution in [0.2, 0.25) is 0 Å². The first kappa shape index (κ1) is 14.7. The number of hydrogen-bond acceptors (Lipinski definition) is 4. The summed E-state index contributed by atoms with van der Waals surface area (Å²) in [5, 5.41) is 13.7. The van der Waals surface area contributed by atoms with Gasteiger partial charge in [-0.05, 0) is 12.8 Å². The molecule has 0 aromatic carbocycles. The predicted molar refractivity (Wildman–Crippen MR) is 68.0 cm³/mol. The molecule has 0 aromatic heterocycles. The van der Waals surface area contributed by atoms with Gasteiger partial charge in [0.25, 0.3) is 0 Å². The lowest BCUT2D eigenvalue weighted by molar-refractivity contribution is -0.122. The second-order valence-electron chi connectivity index (χ2n) is 4.33. The Morgan fingerprint density at radius 1 is 1.44 bits per heavy atom. The molecule has 6 heteroatoms. The van der Waals surface area contributed by atoms with Gasteiger partial charge in [0.2, 0.25) is 5.91 Å². The Balaban J connectivity index is 2.31. The molecule has 0 unspecified atom stereocenters. The smallest absolute Gasteiger partial charge is 0.321 e. The molecule has 0 bridgehead atoms. The number of rotatable bonds is 7. The number of aliphatic hydroxyl groups excluding tert-OH is 1. The van der Waals surface area contributed by atoms with E-state index >= 15 is 0 Å². The molecule has 1 aliphatic rings. The molecule has 102 valence electrons. The summed E-state index contributed by atoms with van der Waals surface area (Å²) in [5.41, 5.74) is 0. The molecular formula is C12H21N3O3. The first-order valence-electron chi connectivity index (χ1n) is 6.21. The molecule has 0 atom stereocenters. The van der Waals surface area contributed by atoms with E-state index < -0.39 is 6.03 Å². The molecule has 1 rings (SSSR count). The zero-order valence-electron chi connectivity index (χ0n) is 10.5. The highest BCUT2D eigenvalue weighted by Crippen LogP contribution is 2.24. The molecule has 1 fully saturated rings. The number of aliphatic hydroxyl groups is 1. The average molecular weight is 255 g/mol. The topological polar surface area (TPSA) is 81.7 Å². The van der Waals surface area contributed by atoms with Gasteiger partial charge in [-0.15, -0.1) is 6.58 Å². The van der Waals surface area contributed by atoms with Gasteiger partial charge >= 0.3 is 6.03 Å². The minimum atomic E-state index is -0.516. The third-order valence-corrected chi connectivity index (χ3v) is 2.98. The lowest BCUT2D eigenvalue weighted by Crippen LogP contribution is -2.49. The van der Waals surface area contributed by atoms with Crippen molar-refractivity contribution in [3.05, 3.63) is 12.7 Å². The monoisotopic (exact) mass is 255 g/mol. The van der Waals surface area contributed by atoms with Gasteiger partial charge < -0.3 is 10.4 Å². The van der Waals surface area contributed by atoms with E-state index in [-0.39, 0.29) is 19.1 Å². The highest BCUT2D eigenvalue weighted by molar-refractivity contribution is 5.95. The van der Waals surface area contributed by atoms with E-state index in [1.54, 1.807) is 0 Å². The Morgan fingerprint density at radius 3 is 2.67 bits per heavy atom. The van der Waals surface area contributed by atoms with Crippen molar-refractivity contribution in [1.29, 1.82) is 0 Å². The predicted octanol–water partition coefficient (Wildman–Crippen LogP) is -0.155. The Morgan fingerprint density at radius 2 is 2.17 bits per heavy atom. The number of imide groups is 1. The molecule has 0 aliphatic heterocycles. The molecule has 0 saturated heterocycles. The van der Waals surface area contributed by atoms with Crippen molar-refractivity contribution < 1.29 is 14.7 Å². The maximum atomic E-state index is 11.6. The summed E-state index contributed by atoms with van der Waals surface area (Å²) >= 11 is 0. The largest absolute Gasteiger partial charge is 0.395 e. The molecular weight excluding hydrogens is 234 g/mol. The van der Waals surface area contributed by atoms with Crippen LogP contribution in [-0.2, 0) is 4.79 Å². The number of amides is 3. The fourth-order valence-electron chi connectivity index (χ4n) is 1.83. The standard InChI is InChI=1S/C12H21N3O3/c1-2-6-13-12(18)14-11(17)9-15(7-8-16)10-4-3-5-10/h2,10,16H,1,3-9H2,(H2,13,14,17,18). The van der Waals surface area contributed by atoms with Gasteiger partial charge in [0.05, 0.1) is 13.2 Å². The SMILES string of the molecule is C=CCNC(=O)NC(=O)CN(CCO)C1CCC1. The van der Waals surface area contributed by atoms with E-state index in [1.807, 2.05) is 4.90 Å². The quantitative estimate of drug-likeness (QED) is 0.552. The lowest BCUT2D eigenvalue weighted by atomic mass is 9.91. The number of urea groups is 1. The maximum Gasteiger partial charge on any atom is 0.321 e. The summed E-state index contributed by atoms with van der Waals surface area (Å²) in [4.78, 5) is 24.8. The fourth-order valence-corrected chi connectivity index (χ4v) is 1.83. The van der Waals surface area contributed by atoms with Crippen molar-refractivity contribution >= 4 is 11.9 Å². The van der Waals surface area contributed by atoms with Gasteiger partial charge in [-0.2, -0.15) is 0 Å². The van der Waals surface area contributed by atoms with Gasteiger partial charge in [0.1, 0.15) is 0 Å². The maximum absolute atomic E-state index is 11.6. The molecule has 0 radical (unpaired) electrons. The third kappa shape index (κ3) is 4.85. The van der Waals surface area contributed by atoms with Crippen LogP contribution < -0.4 is 10.6 Å². The van der Waals surface area contributed by atoms with E-state index in [9.17, 15) is 9.59 Å². The molecule has 3 amide bonds. The number of nitrogens with one attached hydrogen (secondary N) is 2. The van der Waals surface area contributed by atoms with Crippen molar-refractivity contribution in [3.8, 4) is 0 Å². The average Bonchev–Trinajstić information content (AvgIpc) is 2.24. The Bertz CT molecular complexity index is 303. The second kappa shape index (κ2) is 7.84. The molecule has 18 heavy (non-hydrogen) atoms.